The molecule has 0 radical (unpaired) electrons. The molecular formula is C26H27N5O. The normalized spacial score (nSPS) is 14.6. The topological polar surface area (TPSA) is 62.5 Å². The number of aromatic nitrogens is 3. The number of fused-ring (bicyclic) bond motifs is 1. The van der Waals surface area contributed by atoms with Gasteiger partial charge in [0.1, 0.15) is 5.52 Å². The Labute approximate surface area is 187 Å². The van der Waals surface area contributed by atoms with Crippen molar-refractivity contribution in [1.29, 1.82) is 0 Å². The third kappa shape index (κ3) is 4.35. The van der Waals surface area contributed by atoms with E-state index in [1.54, 1.807) is 6.20 Å². The van der Waals surface area contributed by atoms with Gasteiger partial charge in [0.15, 0.2) is 5.82 Å². The molecule has 0 bridgehead atoms. The summed E-state index contributed by atoms with van der Waals surface area (Å²) in [6, 6.07) is 22.5. The van der Waals surface area contributed by atoms with Gasteiger partial charge in [-0.15, -0.1) is 0 Å². The molecule has 0 spiro atoms. The highest BCUT2D eigenvalue weighted by Crippen LogP contribution is 2.28. The number of benzene rings is 2. The van der Waals surface area contributed by atoms with E-state index in [4.69, 9.17) is 5.10 Å². The number of carbonyl (C=O) groups excluding carboxylic acids is 1. The smallest absolute Gasteiger partial charge is 0.223 e. The second-order valence-corrected chi connectivity index (χ2v) is 8.26. The minimum atomic E-state index is 0.0616. The van der Waals surface area contributed by atoms with E-state index in [1.807, 2.05) is 47.1 Å². The minimum absolute atomic E-state index is 0.0616. The molecule has 4 aromatic rings. The Morgan fingerprint density at radius 3 is 2.47 bits per heavy atom. The molecule has 5 rings (SSSR count). The lowest BCUT2D eigenvalue weighted by Crippen LogP contribution is -2.41. The summed E-state index contributed by atoms with van der Waals surface area (Å²) in [6.45, 7) is 2.31. The monoisotopic (exact) mass is 425 g/mol. The van der Waals surface area contributed by atoms with Gasteiger partial charge < -0.3 is 10.2 Å². The first-order valence-electron chi connectivity index (χ1n) is 11.2. The van der Waals surface area contributed by atoms with Crippen LogP contribution in [0, 0.1) is 5.92 Å². The summed E-state index contributed by atoms with van der Waals surface area (Å²) < 4.78 is 1.90. The molecule has 1 fully saturated rings. The van der Waals surface area contributed by atoms with E-state index in [9.17, 15) is 4.79 Å². The quantitative estimate of drug-likeness (QED) is 0.508. The number of nitrogens with zero attached hydrogens (tertiary/aromatic N) is 4. The van der Waals surface area contributed by atoms with Crippen LogP contribution in [-0.2, 0) is 11.2 Å². The van der Waals surface area contributed by atoms with Crippen molar-refractivity contribution in [2.75, 3.05) is 24.5 Å². The summed E-state index contributed by atoms with van der Waals surface area (Å²) >= 11 is 0. The van der Waals surface area contributed by atoms with E-state index >= 15 is 0 Å². The van der Waals surface area contributed by atoms with Crippen molar-refractivity contribution < 1.29 is 4.79 Å². The van der Waals surface area contributed by atoms with Crippen LogP contribution >= 0.6 is 0 Å². The van der Waals surface area contributed by atoms with Crippen LogP contribution in [-0.4, -0.2) is 40.1 Å². The predicted octanol–water partition coefficient (Wildman–Crippen LogP) is 3.97. The average molecular weight is 426 g/mol. The van der Waals surface area contributed by atoms with Gasteiger partial charge in [-0.25, -0.2) is 9.50 Å². The summed E-state index contributed by atoms with van der Waals surface area (Å²) in [6.07, 6.45) is 6.21. The fraction of sp³-hybridized carbons (Fsp3) is 0.269. The molecule has 6 heteroatoms. The van der Waals surface area contributed by atoms with Gasteiger partial charge in [-0.3, -0.25) is 4.79 Å². The largest absolute Gasteiger partial charge is 0.356 e. The number of hydrogen-bond acceptors (Lipinski definition) is 4. The fourth-order valence-corrected chi connectivity index (χ4v) is 4.37. The standard InChI is InChI=1S/C26H27N5O/c32-26(28-14-11-20-7-3-1-4-8-20)22-12-16-30(17-13-22)25-24-19-23(21-9-5-2-6-10-21)29-31(24)18-15-27-25/h1-10,15,18-19,22H,11-14,16-17H2,(H,28,32). The zero-order valence-corrected chi connectivity index (χ0v) is 18.0. The molecule has 3 heterocycles. The summed E-state index contributed by atoms with van der Waals surface area (Å²) in [4.78, 5) is 19.6. The van der Waals surface area contributed by atoms with E-state index < -0.39 is 0 Å². The second kappa shape index (κ2) is 9.22. The Morgan fingerprint density at radius 2 is 1.72 bits per heavy atom. The van der Waals surface area contributed by atoms with Gasteiger partial charge >= 0.3 is 0 Å². The van der Waals surface area contributed by atoms with Crippen molar-refractivity contribution in [3.8, 4) is 11.3 Å². The lowest BCUT2D eigenvalue weighted by Gasteiger charge is -2.32. The summed E-state index contributed by atoms with van der Waals surface area (Å²) in [7, 11) is 0. The van der Waals surface area contributed by atoms with Crippen molar-refractivity contribution in [2.24, 2.45) is 5.92 Å². The van der Waals surface area contributed by atoms with E-state index in [1.165, 1.54) is 5.56 Å². The Hall–Kier alpha value is -3.67. The Kier molecular flexibility index (Phi) is 5.83. The molecule has 0 saturated carbocycles. The van der Waals surface area contributed by atoms with Crippen LogP contribution in [0.25, 0.3) is 16.8 Å². The third-order valence-electron chi connectivity index (χ3n) is 6.16. The molecule has 1 saturated heterocycles. The highest BCUT2D eigenvalue weighted by Gasteiger charge is 2.26. The number of nitrogens with one attached hydrogen (secondary N) is 1. The molecular weight excluding hydrogens is 398 g/mol. The molecule has 1 aliphatic heterocycles. The zero-order valence-electron chi connectivity index (χ0n) is 18.0. The number of hydrogen-bond donors (Lipinski definition) is 1. The first-order chi connectivity index (χ1) is 15.8. The van der Waals surface area contributed by atoms with Crippen LogP contribution in [0.15, 0.2) is 79.1 Å². The number of anilines is 1. The lowest BCUT2D eigenvalue weighted by atomic mass is 9.95. The number of piperidine rings is 1. The van der Waals surface area contributed by atoms with Gasteiger partial charge in [0.05, 0.1) is 5.69 Å². The SMILES string of the molecule is O=C(NCCc1ccccc1)C1CCN(c2nccn3nc(-c4ccccc4)cc23)CC1. The predicted molar refractivity (Wildman–Crippen MR) is 127 cm³/mol. The molecule has 2 aromatic carbocycles. The van der Waals surface area contributed by atoms with Crippen molar-refractivity contribution >= 4 is 17.2 Å². The molecule has 1 aliphatic rings. The van der Waals surface area contributed by atoms with Crippen molar-refractivity contribution in [1.82, 2.24) is 19.9 Å². The Balaban J connectivity index is 1.21. The van der Waals surface area contributed by atoms with Gasteiger partial charge in [0.25, 0.3) is 0 Å². The molecule has 0 unspecified atom stereocenters. The summed E-state index contributed by atoms with van der Waals surface area (Å²) in [5.74, 6) is 1.17. The highest BCUT2D eigenvalue weighted by molar-refractivity contribution is 5.79. The maximum Gasteiger partial charge on any atom is 0.223 e. The van der Waals surface area contributed by atoms with Crippen LogP contribution in [0.1, 0.15) is 18.4 Å². The molecule has 0 atom stereocenters. The van der Waals surface area contributed by atoms with Gasteiger partial charge in [-0.1, -0.05) is 60.7 Å². The Bertz CT molecular complexity index is 1180. The molecule has 1 amide bonds. The number of amides is 1. The molecule has 2 aromatic heterocycles. The van der Waals surface area contributed by atoms with Crippen molar-refractivity contribution in [3.05, 3.63) is 84.7 Å². The lowest BCUT2D eigenvalue weighted by molar-refractivity contribution is -0.125. The van der Waals surface area contributed by atoms with Crippen LogP contribution in [0.4, 0.5) is 5.82 Å². The first-order valence-corrected chi connectivity index (χ1v) is 11.2. The molecule has 32 heavy (non-hydrogen) atoms. The molecule has 0 aliphatic carbocycles. The van der Waals surface area contributed by atoms with E-state index in [0.717, 1.165) is 54.9 Å². The summed E-state index contributed by atoms with van der Waals surface area (Å²) in [5, 5.41) is 7.85. The van der Waals surface area contributed by atoms with Gasteiger partial charge in [0, 0.05) is 43.5 Å². The van der Waals surface area contributed by atoms with E-state index in [2.05, 4.69) is 45.5 Å². The number of rotatable bonds is 6. The maximum absolute atomic E-state index is 12.6. The minimum Gasteiger partial charge on any atom is -0.356 e. The van der Waals surface area contributed by atoms with E-state index in [0.29, 0.717) is 6.54 Å². The fourth-order valence-electron chi connectivity index (χ4n) is 4.37. The Morgan fingerprint density at radius 1 is 1.00 bits per heavy atom. The average Bonchev–Trinajstić information content (AvgIpc) is 3.30. The zero-order chi connectivity index (χ0) is 21.8. The third-order valence-corrected chi connectivity index (χ3v) is 6.16. The van der Waals surface area contributed by atoms with Crippen LogP contribution < -0.4 is 10.2 Å². The van der Waals surface area contributed by atoms with Gasteiger partial charge in [0.2, 0.25) is 5.91 Å². The van der Waals surface area contributed by atoms with Gasteiger partial charge in [-0.05, 0) is 30.9 Å². The number of carbonyl (C=O) groups is 1. The molecule has 162 valence electrons. The van der Waals surface area contributed by atoms with Crippen LogP contribution in [0.3, 0.4) is 0 Å². The summed E-state index contributed by atoms with van der Waals surface area (Å²) in [5.41, 5.74) is 4.27. The van der Waals surface area contributed by atoms with Gasteiger partial charge in [-0.2, -0.15) is 5.10 Å². The highest BCUT2D eigenvalue weighted by atomic mass is 16.1. The second-order valence-electron chi connectivity index (χ2n) is 8.26. The first kappa shape index (κ1) is 20.2. The van der Waals surface area contributed by atoms with E-state index in [-0.39, 0.29) is 11.8 Å². The molecule has 6 nitrogen and oxygen atoms in total. The van der Waals surface area contributed by atoms with Crippen molar-refractivity contribution in [2.45, 2.75) is 19.3 Å². The van der Waals surface area contributed by atoms with Crippen molar-refractivity contribution in [3.63, 3.8) is 0 Å². The van der Waals surface area contributed by atoms with Crippen LogP contribution in [0.5, 0.6) is 0 Å². The maximum atomic E-state index is 12.6. The molecule has 1 N–H and O–H groups in total. The van der Waals surface area contributed by atoms with Crippen LogP contribution in [0.2, 0.25) is 0 Å².